The zero-order chi connectivity index (χ0) is 10.4. The predicted molar refractivity (Wildman–Crippen MR) is 60.0 cm³/mol. The Morgan fingerprint density at radius 1 is 1.29 bits per heavy atom. The van der Waals surface area contributed by atoms with Crippen molar-refractivity contribution in [3.8, 4) is 0 Å². The van der Waals surface area contributed by atoms with Gasteiger partial charge >= 0.3 is 0 Å². The molecule has 1 rings (SSSR count). The molecule has 0 atom stereocenters. The second-order valence-electron chi connectivity index (χ2n) is 4.81. The summed E-state index contributed by atoms with van der Waals surface area (Å²) in [5.41, 5.74) is 1.53. The third kappa shape index (κ3) is 4.97. The second-order valence-corrected chi connectivity index (χ2v) is 4.81. The van der Waals surface area contributed by atoms with Crippen molar-refractivity contribution in [2.75, 3.05) is 6.54 Å². The molecule has 0 saturated heterocycles. The van der Waals surface area contributed by atoms with Crippen LogP contribution in [0, 0.1) is 5.41 Å². The highest BCUT2D eigenvalue weighted by Crippen LogP contribution is 2.16. The van der Waals surface area contributed by atoms with Crippen LogP contribution in [0.25, 0.3) is 0 Å². The van der Waals surface area contributed by atoms with Gasteiger partial charge in [0.25, 0.3) is 0 Å². The Morgan fingerprint density at radius 2 is 2.07 bits per heavy atom. The van der Waals surface area contributed by atoms with Gasteiger partial charge in [-0.25, -0.2) is 0 Å². The van der Waals surface area contributed by atoms with Crippen LogP contribution in [0.4, 0.5) is 0 Å². The fourth-order valence-electron chi connectivity index (χ4n) is 1.18. The first-order valence-corrected chi connectivity index (χ1v) is 5.18. The van der Waals surface area contributed by atoms with Crippen LogP contribution in [-0.4, -0.2) is 11.5 Å². The second kappa shape index (κ2) is 5.11. The molecule has 0 bridgehead atoms. The molecule has 0 aliphatic carbocycles. The molecule has 2 heteroatoms. The first kappa shape index (κ1) is 11.2. The number of rotatable bonds is 4. The molecule has 0 saturated carbocycles. The third-order valence-corrected chi connectivity index (χ3v) is 2.08. The molecule has 2 nitrogen and oxygen atoms in total. The van der Waals surface area contributed by atoms with Gasteiger partial charge in [0.2, 0.25) is 0 Å². The van der Waals surface area contributed by atoms with E-state index in [1.54, 1.807) is 0 Å². The zero-order valence-electron chi connectivity index (χ0n) is 9.38. The van der Waals surface area contributed by atoms with Crippen LogP contribution in [0.2, 0.25) is 0 Å². The molecule has 1 aromatic heterocycles. The van der Waals surface area contributed by atoms with Gasteiger partial charge < -0.3 is 5.32 Å². The van der Waals surface area contributed by atoms with Crippen molar-refractivity contribution in [3.63, 3.8) is 0 Å². The summed E-state index contributed by atoms with van der Waals surface area (Å²) in [6.07, 6.45) is 3.03. The van der Waals surface area contributed by atoms with Crippen LogP contribution in [0.15, 0.2) is 24.4 Å². The maximum absolute atomic E-state index is 4.25. The van der Waals surface area contributed by atoms with Gasteiger partial charge in [-0.3, -0.25) is 4.98 Å². The number of aromatic nitrogens is 1. The van der Waals surface area contributed by atoms with E-state index in [9.17, 15) is 0 Å². The van der Waals surface area contributed by atoms with Crippen LogP contribution in [0.1, 0.15) is 32.9 Å². The lowest BCUT2D eigenvalue weighted by Crippen LogP contribution is -2.20. The van der Waals surface area contributed by atoms with E-state index in [1.807, 2.05) is 24.4 Å². The van der Waals surface area contributed by atoms with E-state index < -0.39 is 0 Å². The average molecular weight is 192 g/mol. The molecule has 0 spiro atoms. The van der Waals surface area contributed by atoms with Gasteiger partial charge in [0.1, 0.15) is 0 Å². The van der Waals surface area contributed by atoms with E-state index in [2.05, 4.69) is 31.1 Å². The summed E-state index contributed by atoms with van der Waals surface area (Å²) in [6, 6.07) is 6.01. The molecule has 0 aliphatic rings. The summed E-state index contributed by atoms with van der Waals surface area (Å²) >= 11 is 0. The molecule has 0 fully saturated rings. The topological polar surface area (TPSA) is 24.9 Å². The summed E-state index contributed by atoms with van der Waals surface area (Å²) < 4.78 is 0. The van der Waals surface area contributed by atoms with Gasteiger partial charge in [0.15, 0.2) is 0 Å². The minimum atomic E-state index is 0.414. The standard InChI is InChI=1S/C12H20N2/c1-12(2,3)7-9-13-10-11-6-4-5-8-14-11/h4-6,8,13H,7,9-10H2,1-3H3. The normalized spacial score (nSPS) is 11.6. The Labute approximate surface area is 86.8 Å². The number of hydrogen-bond acceptors (Lipinski definition) is 2. The molecule has 0 unspecified atom stereocenters. The smallest absolute Gasteiger partial charge is 0.0541 e. The number of nitrogens with zero attached hydrogens (tertiary/aromatic N) is 1. The third-order valence-electron chi connectivity index (χ3n) is 2.08. The maximum atomic E-state index is 4.25. The lowest BCUT2D eigenvalue weighted by molar-refractivity contribution is 0.366. The largest absolute Gasteiger partial charge is 0.311 e. The zero-order valence-corrected chi connectivity index (χ0v) is 9.38. The van der Waals surface area contributed by atoms with Crippen LogP contribution >= 0.6 is 0 Å². The predicted octanol–water partition coefficient (Wildman–Crippen LogP) is 2.61. The van der Waals surface area contributed by atoms with Crippen LogP contribution in [0.3, 0.4) is 0 Å². The van der Waals surface area contributed by atoms with Crippen LogP contribution in [-0.2, 0) is 6.54 Å². The van der Waals surface area contributed by atoms with Crippen molar-refractivity contribution in [1.29, 1.82) is 0 Å². The number of hydrogen-bond donors (Lipinski definition) is 1. The maximum Gasteiger partial charge on any atom is 0.0541 e. The van der Waals surface area contributed by atoms with Gasteiger partial charge in [-0.1, -0.05) is 26.8 Å². The Kier molecular flexibility index (Phi) is 4.08. The average Bonchev–Trinajstić information content (AvgIpc) is 2.13. The molecule has 14 heavy (non-hydrogen) atoms. The number of pyridine rings is 1. The van der Waals surface area contributed by atoms with E-state index >= 15 is 0 Å². The SMILES string of the molecule is CC(C)(C)CCNCc1ccccn1. The van der Waals surface area contributed by atoms with Crippen molar-refractivity contribution < 1.29 is 0 Å². The van der Waals surface area contributed by atoms with Crippen molar-refractivity contribution in [2.45, 2.75) is 33.7 Å². The summed E-state index contributed by atoms with van der Waals surface area (Å²) in [5, 5.41) is 3.40. The molecular weight excluding hydrogens is 172 g/mol. The highest BCUT2D eigenvalue weighted by molar-refractivity contribution is 5.02. The first-order chi connectivity index (χ1) is 6.58. The molecule has 1 heterocycles. The summed E-state index contributed by atoms with van der Waals surface area (Å²) in [7, 11) is 0. The first-order valence-electron chi connectivity index (χ1n) is 5.18. The molecule has 0 radical (unpaired) electrons. The van der Waals surface area contributed by atoms with Crippen molar-refractivity contribution in [2.24, 2.45) is 5.41 Å². The minimum absolute atomic E-state index is 0.414. The highest BCUT2D eigenvalue weighted by atomic mass is 14.9. The van der Waals surface area contributed by atoms with Crippen molar-refractivity contribution in [3.05, 3.63) is 30.1 Å². The van der Waals surface area contributed by atoms with E-state index in [0.29, 0.717) is 5.41 Å². The lowest BCUT2D eigenvalue weighted by atomic mass is 9.92. The molecule has 78 valence electrons. The van der Waals surface area contributed by atoms with Crippen LogP contribution < -0.4 is 5.32 Å². The highest BCUT2D eigenvalue weighted by Gasteiger charge is 2.08. The Balaban J connectivity index is 2.17. The van der Waals surface area contributed by atoms with E-state index in [0.717, 1.165) is 18.8 Å². The van der Waals surface area contributed by atoms with E-state index in [4.69, 9.17) is 0 Å². The van der Waals surface area contributed by atoms with E-state index in [1.165, 1.54) is 6.42 Å². The van der Waals surface area contributed by atoms with Crippen molar-refractivity contribution in [1.82, 2.24) is 10.3 Å². The van der Waals surface area contributed by atoms with E-state index in [-0.39, 0.29) is 0 Å². The quantitative estimate of drug-likeness (QED) is 0.742. The van der Waals surface area contributed by atoms with Gasteiger partial charge in [0, 0.05) is 12.7 Å². The van der Waals surface area contributed by atoms with Crippen molar-refractivity contribution >= 4 is 0 Å². The molecule has 0 aliphatic heterocycles. The minimum Gasteiger partial charge on any atom is -0.311 e. The lowest BCUT2D eigenvalue weighted by Gasteiger charge is -2.17. The molecule has 0 amide bonds. The summed E-state index contributed by atoms with van der Waals surface area (Å²) in [6.45, 7) is 8.71. The van der Waals surface area contributed by atoms with Gasteiger partial charge in [-0.15, -0.1) is 0 Å². The summed E-state index contributed by atoms with van der Waals surface area (Å²) in [4.78, 5) is 4.25. The van der Waals surface area contributed by atoms with Gasteiger partial charge in [-0.2, -0.15) is 0 Å². The summed E-state index contributed by atoms with van der Waals surface area (Å²) in [5.74, 6) is 0. The molecule has 1 N–H and O–H groups in total. The monoisotopic (exact) mass is 192 g/mol. The fourth-order valence-corrected chi connectivity index (χ4v) is 1.18. The fraction of sp³-hybridized carbons (Fsp3) is 0.583. The Morgan fingerprint density at radius 3 is 2.64 bits per heavy atom. The molecular formula is C12H20N2. The molecule has 1 aromatic rings. The Hall–Kier alpha value is -0.890. The van der Waals surface area contributed by atoms with Gasteiger partial charge in [0.05, 0.1) is 5.69 Å². The van der Waals surface area contributed by atoms with Gasteiger partial charge in [-0.05, 0) is 30.5 Å². The van der Waals surface area contributed by atoms with Crippen LogP contribution in [0.5, 0.6) is 0 Å². The Bertz CT molecular complexity index is 249. The number of nitrogens with one attached hydrogen (secondary N) is 1. The molecule has 0 aromatic carbocycles.